The highest BCUT2D eigenvalue weighted by Gasteiger charge is 2.19. The van der Waals surface area contributed by atoms with Crippen LogP contribution in [0.3, 0.4) is 0 Å². The first-order chi connectivity index (χ1) is 12.1. The quantitative estimate of drug-likeness (QED) is 0.925. The van der Waals surface area contributed by atoms with Crippen LogP contribution in [0.2, 0.25) is 0 Å². The van der Waals surface area contributed by atoms with E-state index in [0.29, 0.717) is 17.4 Å². The van der Waals surface area contributed by atoms with Gasteiger partial charge >= 0.3 is 0 Å². The number of ether oxygens (including phenoxy) is 1. The summed E-state index contributed by atoms with van der Waals surface area (Å²) in [7, 11) is 1.58. The summed E-state index contributed by atoms with van der Waals surface area (Å²) in [5.74, 6) is 1.81. The lowest BCUT2D eigenvalue weighted by Crippen LogP contribution is -2.35. The fourth-order valence-electron chi connectivity index (χ4n) is 3.12. The molecule has 2 aromatic rings. The molecular weight excluding hydrogens is 316 g/mol. The number of nitrogens with one attached hydrogen (secondary N) is 1. The summed E-state index contributed by atoms with van der Waals surface area (Å²) in [6.45, 7) is 6.19. The Labute approximate surface area is 148 Å². The van der Waals surface area contributed by atoms with E-state index in [0.717, 1.165) is 30.9 Å². The first-order valence-corrected chi connectivity index (χ1v) is 8.61. The molecule has 1 aromatic carbocycles. The van der Waals surface area contributed by atoms with Gasteiger partial charge in [0, 0.05) is 13.1 Å². The van der Waals surface area contributed by atoms with Gasteiger partial charge in [-0.3, -0.25) is 4.79 Å². The molecule has 1 atom stereocenters. The molecule has 1 unspecified atom stereocenters. The monoisotopic (exact) mass is 340 g/mol. The number of carbonyl (C=O) groups excluding carboxylic acids is 1. The van der Waals surface area contributed by atoms with Gasteiger partial charge in [0.1, 0.15) is 5.75 Å². The lowest BCUT2D eigenvalue weighted by atomic mass is 10.0. The van der Waals surface area contributed by atoms with Crippen molar-refractivity contribution in [2.45, 2.75) is 26.7 Å². The topological polar surface area (TPSA) is 67.3 Å². The van der Waals surface area contributed by atoms with Crippen molar-refractivity contribution < 1.29 is 9.53 Å². The third kappa shape index (κ3) is 4.07. The highest BCUT2D eigenvalue weighted by molar-refractivity contribution is 6.03. The number of rotatable bonds is 4. The summed E-state index contributed by atoms with van der Waals surface area (Å²) in [5.41, 5.74) is 1.96. The van der Waals surface area contributed by atoms with E-state index < -0.39 is 0 Å². The zero-order valence-corrected chi connectivity index (χ0v) is 15.0. The maximum Gasteiger partial charge on any atom is 0.276 e. The maximum atomic E-state index is 12.5. The molecule has 0 bridgehead atoms. The highest BCUT2D eigenvalue weighted by atomic mass is 16.5. The molecule has 0 aliphatic carbocycles. The normalized spacial score (nSPS) is 17.2. The van der Waals surface area contributed by atoms with E-state index in [4.69, 9.17) is 4.74 Å². The van der Waals surface area contributed by atoms with Crippen LogP contribution < -0.4 is 15.0 Å². The summed E-state index contributed by atoms with van der Waals surface area (Å²) in [6.07, 6.45) is 2.42. The number of hydrogen-bond donors (Lipinski definition) is 1. The van der Waals surface area contributed by atoms with Crippen LogP contribution in [0.5, 0.6) is 5.75 Å². The lowest BCUT2D eigenvalue weighted by molar-refractivity contribution is 0.102. The molecule has 1 amide bonds. The van der Waals surface area contributed by atoms with Crippen molar-refractivity contribution in [3.05, 3.63) is 41.6 Å². The minimum atomic E-state index is -0.296. The average Bonchev–Trinajstić information content (AvgIpc) is 2.62. The first-order valence-electron chi connectivity index (χ1n) is 8.61. The molecule has 1 N–H and O–H groups in total. The van der Waals surface area contributed by atoms with Crippen LogP contribution in [-0.2, 0) is 0 Å². The predicted molar refractivity (Wildman–Crippen MR) is 98.3 cm³/mol. The molecule has 0 radical (unpaired) electrons. The molecule has 1 aromatic heterocycles. The van der Waals surface area contributed by atoms with E-state index in [1.54, 1.807) is 13.2 Å². The number of aryl methyl sites for hydroxylation is 1. The van der Waals surface area contributed by atoms with Crippen molar-refractivity contribution in [2.24, 2.45) is 5.92 Å². The summed E-state index contributed by atoms with van der Waals surface area (Å²) >= 11 is 0. The zero-order chi connectivity index (χ0) is 17.8. The Bertz CT molecular complexity index is 746. The Balaban J connectivity index is 1.72. The third-order valence-electron chi connectivity index (χ3n) is 4.47. The van der Waals surface area contributed by atoms with Gasteiger partial charge in [0.05, 0.1) is 12.8 Å². The average molecular weight is 340 g/mol. The number of methoxy groups -OCH3 is 1. The largest absolute Gasteiger partial charge is 0.495 e. The van der Waals surface area contributed by atoms with Crippen LogP contribution in [-0.4, -0.2) is 36.3 Å². The lowest BCUT2D eigenvalue weighted by Gasteiger charge is -2.31. The van der Waals surface area contributed by atoms with E-state index >= 15 is 0 Å². The van der Waals surface area contributed by atoms with Crippen molar-refractivity contribution in [3.8, 4) is 5.75 Å². The Morgan fingerprint density at radius 3 is 2.80 bits per heavy atom. The van der Waals surface area contributed by atoms with Gasteiger partial charge in [-0.05, 0) is 55.5 Å². The second-order valence-corrected chi connectivity index (χ2v) is 6.63. The summed E-state index contributed by atoms with van der Waals surface area (Å²) in [5, 5.41) is 11.2. The van der Waals surface area contributed by atoms with Crippen LogP contribution in [0.25, 0.3) is 0 Å². The molecule has 0 spiro atoms. The molecule has 3 rings (SSSR count). The molecule has 25 heavy (non-hydrogen) atoms. The third-order valence-corrected chi connectivity index (χ3v) is 4.47. The molecule has 6 heteroatoms. The maximum absolute atomic E-state index is 12.5. The van der Waals surface area contributed by atoms with Gasteiger partial charge in [-0.2, -0.15) is 0 Å². The van der Waals surface area contributed by atoms with E-state index in [9.17, 15) is 4.79 Å². The molecule has 132 valence electrons. The highest BCUT2D eigenvalue weighted by Crippen LogP contribution is 2.26. The number of piperidine rings is 1. The molecular formula is C19H24N4O2. The molecule has 2 heterocycles. The molecule has 1 aliphatic rings. The van der Waals surface area contributed by atoms with Gasteiger partial charge in [-0.25, -0.2) is 0 Å². The molecule has 1 saturated heterocycles. The molecule has 0 saturated carbocycles. The molecule has 1 aliphatic heterocycles. The Kier molecular flexibility index (Phi) is 5.16. The zero-order valence-electron chi connectivity index (χ0n) is 15.0. The van der Waals surface area contributed by atoms with Gasteiger partial charge in [0.2, 0.25) is 0 Å². The van der Waals surface area contributed by atoms with Crippen molar-refractivity contribution in [2.75, 3.05) is 30.4 Å². The van der Waals surface area contributed by atoms with E-state index in [-0.39, 0.29) is 11.6 Å². The number of amides is 1. The van der Waals surface area contributed by atoms with Crippen LogP contribution >= 0.6 is 0 Å². The number of anilines is 2. The standard InChI is InChI=1S/C19H24N4O2/c1-13-6-8-17(25-3)16(11-13)20-19(24)15-7-9-18(22-21-15)23-10-4-5-14(2)12-23/h6-9,11,14H,4-5,10,12H2,1-3H3,(H,20,24). The minimum absolute atomic E-state index is 0.289. The van der Waals surface area contributed by atoms with Crippen molar-refractivity contribution in [1.29, 1.82) is 0 Å². The number of hydrogen-bond acceptors (Lipinski definition) is 5. The van der Waals surface area contributed by atoms with E-state index in [1.165, 1.54) is 6.42 Å². The predicted octanol–water partition coefficient (Wildman–Crippen LogP) is 3.28. The van der Waals surface area contributed by atoms with Gasteiger partial charge in [0.15, 0.2) is 11.5 Å². The number of carbonyl (C=O) groups is 1. The van der Waals surface area contributed by atoms with Crippen LogP contribution in [0.1, 0.15) is 35.8 Å². The van der Waals surface area contributed by atoms with E-state index in [1.807, 2.05) is 31.2 Å². The van der Waals surface area contributed by atoms with Crippen LogP contribution in [0.4, 0.5) is 11.5 Å². The van der Waals surface area contributed by atoms with Crippen LogP contribution in [0.15, 0.2) is 30.3 Å². The summed E-state index contributed by atoms with van der Waals surface area (Å²) < 4.78 is 5.29. The van der Waals surface area contributed by atoms with Gasteiger partial charge in [-0.15, -0.1) is 10.2 Å². The van der Waals surface area contributed by atoms with E-state index in [2.05, 4.69) is 27.3 Å². The summed E-state index contributed by atoms with van der Waals surface area (Å²) in [4.78, 5) is 14.7. The van der Waals surface area contributed by atoms with Crippen molar-refractivity contribution in [1.82, 2.24) is 10.2 Å². The Morgan fingerprint density at radius 2 is 2.12 bits per heavy atom. The van der Waals surface area contributed by atoms with Crippen LogP contribution in [0, 0.1) is 12.8 Å². The smallest absolute Gasteiger partial charge is 0.276 e. The number of nitrogens with zero attached hydrogens (tertiary/aromatic N) is 3. The minimum Gasteiger partial charge on any atom is -0.495 e. The summed E-state index contributed by atoms with van der Waals surface area (Å²) in [6, 6.07) is 9.22. The fraction of sp³-hybridized carbons (Fsp3) is 0.421. The molecule has 1 fully saturated rings. The molecule has 6 nitrogen and oxygen atoms in total. The fourth-order valence-corrected chi connectivity index (χ4v) is 3.12. The second-order valence-electron chi connectivity index (χ2n) is 6.63. The Morgan fingerprint density at radius 1 is 1.28 bits per heavy atom. The number of benzene rings is 1. The number of aromatic nitrogens is 2. The first kappa shape index (κ1) is 17.2. The second kappa shape index (κ2) is 7.51. The van der Waals surface area contributed by atoms with Gasteiger partial charge in [-0.1, -0.05) is 13.0 Å². The van der Waals surface area contributed by atoms with Gasteiger partial charge in [0.25, 0.3) is 5.91 Å². The van der Waals surface area contributed by atoms with Crippen molar-refractivity contribution >= 4 is 17.4 Å². The SMILES string of the molecule is COc1ccc(C)cc1NC(=O)c1ccc(N2CCCC(C)C2)nn1. The Hall–Kier alpha value is -2.63. The van der Waals surface area contributed by atoms with Gasteiger partial charge < -0.3 is 15.0 Å². The van der Waals surface area contributed by atoms with Crippen molar-refractivity contribution in [3.63, 3.8) is 0 Å².